The number of aliphatic hydroxyl groups is 1. The summed E-state index contributed by atoms with van der Waals surface area (Å²) in [5.41, 5.74) is 2.09. The number of hydrogen-bond acceptors (Lipinski definition) is 5. The van der Waals surface area contributed by atoms with E-state index in [4.69, 9.17) is 11.6 Å². The Labute approximate surface area is 201 Å². The molecule has 0 fully saturated rings. The number of fused-ring (bicyclic) bond motifs is 1. The Kier molecular flexibility index (Phi) is 7.23. The molecule has 0 saturated carbocycles. The predicted molar refractivity (Wildman–Crippen MR) is 124 cm³/mol. The van der Waals surface area contributed by atoms with E-state index in [1.165, 1.54) is 18.2 Å². The van der Waals surface area contributed by atoms with Gasteiger partial charge < -0.3 is 15.7 Å². The van der Waals surface area contributed by atoms with Crippen LogP contribution in [0.5, 0.6) is 0 Å². The summed E-state index contributed by atoms with van der Waals surface area (Å²) < 4.78 is 15.7. The molecule has 0 bridgehead atoms. The van der Waals surface area contributed by atoms with Crippen molar-refractivity contribution in [3.05, 3.63) is 81.9 Å². The molecular weight excluding hydrogens is 461 g/mol. The quantitative estimate of drug-likeness (QED) is 0.454. The largest absolute Gasteiger partial charge is 0.383 e. The van der Waals surface area contributed by atoms with Crippen LogP contribution in [0.15, 0.2) is 48.7 Å². The number of aryl methyl sites for hydroxylation is 1. The van der Waals surface area contributed by atoms with Gasteiger partial charge in [-0.25, -0.2) is 4.39 Å². The van der Waals surface area contributed by atoms with Crippen LogP contribution in [0.1, 0.15) is 46.6 Å². The third-order valence-corrected chi connectivity index (χ3v) is 6.19. The number of halogens is 2. The van der Waals surface area contributed by atoms with Gasteiger partial charge in [-0.2, -0.15) is 0 Å². The Hall–Kier alpha value is -3.30. The highest BCUT2D eigenvalue weighted by molar-refractivity contribution is 6.31. The number of carbonyl (C=O) groups is 2. The molecule has 0 saturated heterocycles. The third-order valence-electron chi connectivity index (χ3n) is 5.83. The minimum absolute atomic E-state index is 0.0709. The predicted octanol–water partition coefficient (Wildman–Crippen LogP) is 2.60. The molecule has 0 radical (unpaired) electrons. The van der Waals surface area contributed by atoms with Crippen molar-refractivity contribution < 1.29 is 19.1 Å². The minimum atomic E-state index is -1.51. The molecule has 10 heteroatoms. The van der Waals surface area contributed by atoms with Crippen LogP contribution in [0.2, 0.25) is 5.02 Å². The molecule has 8 nitrogen and oxygen atoms in total. The van der Waals surface area contributed by atoms with Crippen molar-refractivity contribution in [3.63, 3.8) is 0 Å². The standard InChI is InChI=1S/C24H25ClFN5O3/c1-2-10-31-13-20(29-30-31)23(33)28-22-15-7-4-3-6-14(15)11-19(22)27-24(34)21(32)12-16-17(25)8-5-9-18(16)26/h3-9,13,19,21-22,32H,2,10-12H2,1H3,(H,27,34)(H,28,33)/t19-,21?,22-/m1/s1. The number of hydrogen-bond donors (Lipinski definition) is 3. The van der Waals surface area contributed by atoms with Crippen LogP contribution in [0.4, 0.5) is 4.39 Å². The lowest BCUT2D eigenvalue weighted by molar-refractivity contribution is -0.130. The van der Waals surface area contributed by atoms with Crippen LogP contribution in [0.3, 0.4) is 0 Å². The van der Waals surface area contributed by atoms with Crippen LogP contribution in [0, 0.1) is 5.82 Å². The molecular formula is C24H25ClFN5O3. The van der Waals surface area contributed by atoms with Crippen molar-refractivity contribution in [1.29, 1.82) is 0 Å². The molecule has 178 valence electrons. The van der Waals surface area contributed by atoms with Gasteiger partial charge in [-0.1, -0.05) is 54.1 Å². The Morgan fingerprint density at radius 2 is 2.03 bits per heavy atom. The maximum absolute atomic E-state index is 14.1. The van der Waals surface area contributed by atoms with Crippen LogP contribution in [-0.4, -0.2) is 44.1 Å². The van der Waals surface area contributed by atoms with Crippen molar-refractivity contribution in [2.24, 2.45) is 0 Å². The molecule has 2 amide bonds. The average Bonchev–Trinajstić information content (AvgIpc) is 3.41. The summed E-state index contributed by atoms with van der Waals surface area (Å²) >= 11 is 6.03. The summed E-state index contributed by atoms with van der Waals surface area (Å²) in [7, 11) is 0. The van der Waals surface area contributed by atoms with E-state index >= 15 is 0 Å². The van der Waals surface area contributed by atoms with E-state index in [1.807, 2.05) is 31.2 Å². The SMILES string of the molecule is CCCn1cc(C(=O)N[C@@H]2c3ccccc3C[C@H]2NC(=O)C(O)Cc2c(F)cccc2Cl)nn1. The number of aromatic nitrogens is 3. The highest BCUT2D eigenvalue weighted by atomic mass is 35.5. The summed E-state index contributed by atoms with van der Waals surface area (Å²) in [6.07, 6.45) is 1.12. The molecule has 3 atom stereocenters. The van der Waals surface area contributed by atoms with Gasteiger partial charge in [0.05, 0.1) is 18.3 Å². The van der Waals surface area contributed by atoms with Gasteiger partial charge in [0.15, 0.2) is 5.69 Å². The molecule has 34 heavy (non-hydrogen) atoms. The van der Waals surface area contributed by atoms with Gasteiger partial charge in [0.25, 0.3) is 5.91 Å². The van der Waals surface area contributed by atoms with Gasteiger partial charge in [0, 0.05) is 23.6 Å². The number of rotatable bonds is 8. The van der Waals surface area contributed by atoms with Crippen LogP contribution >= 0.6 is 11.6 Å². The van der Waals surface area contributed by atoms with Gasteiger partial charge in [-0.05, 0) is 36.1 Å². The first kappa shape index (κ1) is 23.8. The van der Waals surface area contributed by atoms with E-state index in [-0.39, 0.29) is 22.7 Å². The minimum Gasteiger partial charge on any atom is -0.383 e. The molecule has 2 aromatic carbocycles. The van der Waals surface area contributed by atoms with Crippen LogP contribution in [0.25, 0.3) is 0 Å². The first-order chi connectivity index (χ1) is 16.4. The average molecular weight is 486 g/mol. The normalized spacial score (nSPS) is 17.8. The summed E-state index contributed by atoms with van der Waals surface area (Å²) in [5, 5.41) is 24.2. The molecule has 0 aliphatic heterocycles. The Morgan fingerprint density at radius 3 is 2.79 bits per heavy atom. The van der Waals surface area contributed by atoms with Gasteiger partial charge in [0.1, 0.15) is 11.9 Å². The number of carbonyl (C=O) groups excluding carboxylic acids is 2. The van der Waals surface area contributed by atoms with E-state index in [1.54, 1.807) is 10.9 Å². The topological polar surface area (TPSA) is 109 Å². The second-order valence-corrected chi connectivity index (χ2v) is 8.66. The first-order valence-electron chi connectivity index (χ1n) is 11.1. The van der Waals surface area contributed by atoms with Gasteiger partial charge in [-0.15, -0.1) is 5.10 Å². The zero-order valence-corrected chi connectivity index (χ0v) is 19.3. The molecule has 0 spiro atoms. The van der Waals surface area contributed by atoms with Crippen LogP contribution < -0.4 is 10.6 Å². The summed E-state index contributed by atoms with van der Waals surface area (Å²) in [6, 6.07) is 10.7. The number of benzene rings is 2. The second-order valence-electron chi connectivity index (χ2n) is 8.26. The molecule has 1 heterocycles. The molecule has 1 aromatic heterocycles. The van der Waals surface area contributed by atoms with Crippen molar-refractivity contribution in [3.8, 4) is 0 Å². The number of amides is 2. The smallest absolute Gasteiger partial charge is 0.274 e. The zero-order valence-electron chi connectivity index (χ0n) is 18.5. The van der Waals surface area contributed by atoms with E-state index in [9.17, 15) is 19.1 Å². The Balaban J connectivity index is 1.48. The van der Waals surface area contributed by atoms with Gasteiger partial charge in [0.2, 0.25) is 5.91 Å². The van der Waals surface area contributed by atoms with E-state index in [0.29, 0.717) is 13.0 Å². The molecule has 3 N–H and O–H groups in total. The fourth-order valence-corrected chi connectivity index (χ4v) is 4.40. The fraction of sp³-hybridized carbons (Fsp3) is 0.333. The highest BCUT2D eigenvalue weighted by Gasteiger charge is 2.36. The lowest BCUT2D eigenvalue weighted by Crippen LogP contribution is -2.48. The highest BCUT2D eigenvalue weighted by Crippen LogP contribution is 2.32. The van der Waals surface area contributed by atoms with E-state index in [2.05, 4.69) is 20.9 Å². The Bertz CT molecular complexity index is 1180. The van der Waals surface area contributed by atoms with E-state index in [0.717, 1.165) is 17.5 Å². The third kappa shape index (κ3) is 5.10. The van der Waals surface area contributed by atoms with Crippen molar-refractivity contribution in [2.75, 3.05) is 0 Å². The van der Waals surface area contributed by atoms with Crippen molar-refractivity contribution in [2.45, 2.75) is 50.9 Å². The molecule has 1 aliphatic carbocycles. The van der Waals surface area contributed by atoms with Crippen LogP contribution in [-0.2, 0) is 24.2 Å². The molecule has 3 aromatic rings. The van der Waals surface area contributed by atoms with Gasteiger partial charge in [-0.3, -0.25) is 14.3 Å². The maximum Gasteiger partial charge on any atom is 0.274 e. The summed E-state index contributed by atoms with van der Waals surface area (Å²) in [6.45, 7) is 2.65. The lowest BCUT2D eigenvalue weighted by Gasteiger charge is -2.24. The molecule has 4 rings (SSSR count). The fourth-order valence-electron chi connectivity index (χ4n) is 4.16. The summed E-state index contributed by atoms with van der Waals surface area (Å²) in [4.78, 5) is 25.7. The van der Waals surface area contributed by atoms with Crippen molar-refractivity contribution >= 4 is 23.4 Å². The van der Waals surface area contributed by atoms with E-state index < -0.39 is 35.8 Å². The Morgan fingerprint density at radius 1 is 1.24 bits per heavy atom. The second kappa shape index (κ2) is 10.3. The number of nitrogens with one attached hydrogen (secondary N) is 2. The molecule has 1 aliphatic rings. The van der Waals surface area contributed by atoms with Gasteiger partial charge >= 0.3 is 0 Å². The number of nitrogens with zero attached hydrogens (tertiary/aromatic N) is 3. The maximum atomic E-state index is 14.1. The lowest BCUT2D eigenvalue weighted by atomic mass is 10.0. The summed E-state index contributed by atoms with van der Waals surface area (Å²) in [5.74, 6) is -1.68. The first-order valence-corrected chi connectivity index (χ1v) is 11.4. The monoisotopic (exact) mass is 485 g/mol. The molecule has 1 unspecified atom stereocenters. The zero-order chi connectivity index (χ0) is 24.2. The number of aliphatic hydroxyl groups excluding tert-OH is 1. The van der Waals surface area contributed by atoms with Crippen molar-refractivity contribution in [1.82, 2.24) is 25.6 Å².